The van der Waals surface area contributed by atoms with Crippen molar-refractivity contribution in [1.82, 2.24) is 19.9 Å². The minimum Gasteiger partial charge on any atom is -0.481 e. The first kappa shape index (κ1) is 17.3. The lowest BCUT2D eigenvalue weighted by atomic mass is 9.86. The molecular weight excluding hydrogens is 356 g/mol. The minimum absolute atomic E-state index is 0.00903. The first-order chi connectivity index (χ1) is 13.0. The molecule has 0 spiro atoms. The predicted octanol–water partition coefficient (Wildman–Crippen LogP) is 3.35. The number of rotatable bonds is 4. The Morgan fingerprint density at radius 1 is 1.26 bits per heavy atom. The second kappa shape index (κ2) is 6.90. The highest BCUT2D eigenvalue weighted by Gasteiger charge is 2.27. The Morgan fingerprint density at radius 2 is 2.11 bits per heavy atom. The molecule has 4 rings (SSSR count). The van der Waals surface area contributed by atoms with Crippen LogP contribution in [0, 0.1) is 17.6 Å². The molecule has 27 heavy (non-hydrogen) atoms. The van der Waals surface area contributed by atoms with Gasteiger partial charge in [0, 0.05) is 23.2 Å². The molecule has 0 radical (unpaired) electrons. The van der Waals surface area contributed by atoms with Crippen LogP contribution in [0.2, 0.25) is 0 Å². The maximum absolute atomic E-state index is 14.2. The van der Waals surface area contributed by atoms with Crippen molar-refractivity contribution in [2.24, 2.45) is 5.92 Å². The molecule has 1 aliphatic rings. The number of aliphatic carboxylic acids is 1. The molecule has 140 valence electrons. The summed E-state index contributed by atoms with van der Waals surface area (Å²) in [5, 5.41) is 12.7. The van der Waals surface area contributed by atoms with Crippen LogP contribution >= 0.6 is 0 Å². The Morgan fingerprint density at radius 3 is 2.93 bits per heavy atom. The number of carboxylic acids is 1. The smallest absolute Gasteiger partial charge is 0.306 e. The zero-order valence-corrected chi connectivity index (χ0v) is 14.2. The summed E-state index contributed by atoms with van der Waals surface area (Å²) < 4.78 is 27.7. The Labute approximate surface area is 152 Å². The number of aromatic amines is 1. The summed E-state index contributed by atoms with van der Waals surface area (Å²) in [6, 6.07) is 1.13. The third kappa shape index (κ3) is 3.44. The van der Waals surface area contributed by atoms with Gasteiger partial charge < -0.3 is 15.4 Å². The van der Waals surface area contributed by atoms with E-state index in [0.717, 1.165) is 25.2 Å². The Hall–Kier alpha value is -3.10. The lowest BCUT2D eigenvalue weighted by Crippen LogP contribution is -2.31. The molecule has 3 heterocycles. The van der Waals surface area contributed by atoms with Crippen molar-refractivity contribution in [3.8, 4) is 11.4 Å². The number of nitrogens with one attached hydrogen (secondary N) is 2. The number of carbonyl (C=O) groups is 1. The van der Waals surface area contributed by atoms with Gasteiger partial charge in [-0.25, -0.2) is 23.7 Å². The van der Waals surface area contributed by atoms with Crippen LogP contribution in [-0.2, 0) is 4.79 Å². The normalized spacial score (nSPS) is 19.9. The van der Waals surface area contributed by atoms with Gasteiger partial charge in [0.2, 0.25) is 0 Å². The van der Waals surface area contributed by atoms with Gasteiger partial charge in [0.1, 0.15) is 11.5 Å². The van der Waals surface area contributed by atoms with Crippen LogP contribution in [0.5, 0.6) is 0 Å². The lowest BCUT2D eigenvalue weighted by molar-refractivity contribution is -0.142. The summed E-state index contributed by atoms with van der Waals surface area (Å²) in [6.07, 6.45) is 6.27. The van der Waals surface area contributed by atoms with Gasteiger partial charge >= 0.3 is 5.97 Å². The van der Waals surface area contributed by atoms with E-state index in [1.165, 1.54) is 6.07 Å². The van der Waals surface area contributed by atoms with E-state index >= 15 is 0 Å². The lowest BCUT2D eigenvalue weighted by Gasteiger charge is -2.27. The molecule has 0 amide bonds. The van der Waals surface area contributed by atoms with E-state index in [1.54, 1.807) is 6.20 Å². The molecule has 2 atom stereocenters. The largest absolute Gasteiger partial charge is 0.481 e. The van der Waals surface area contributed by atoms with Crippen LogP contribution in [0.1, 0.15) is 25.7 Å². The van der Waals surface area contributed by atoms with E-state index < -0.39 is 23.5 Å². The Balaban J connectivity index is 1.63. The van der Waals surface area contributed by atoms with Crippen molar-refractivity contribution >= 4 is 22.8 Å². The van der Waals surface area contributed by atoms with E-state index in [4.69, 9.17) is 0 Å². The minimum atomic E-state index is -0.835. The van der Waals surface area contributed by atoms with Gasteiger partial charge in [-0.15, -0.1) is 0 Å². The van der Waals surface area contributed by atoms with Gasteiger partial charge in [0.15, 0.2) is 17.5 Å². The van der Waals surface area contributed by atoms with Crippen LogP contribution in [0.4, 0.5) is 14.6 Å². The first-order valence-corrected chi connectivity index (χ1v) is 8.66. The first-order valence-electron chi connectivity index (χ1n) is 8.66. The zero-order valence-electron chi connectivity index (χ0n) is 14.2. The molecule has 1 fully saturated rings. The summed E-state index contributed by atoms with van der Waals surface area (Å²) >= 11 is 0. The molecule has 3 aromatic rings. The van der Waals surface area contributed by atoms with Gasteiger partial charge in [0.25, 0.3) is 0 Å². The summed E-state index contributed by atoms with van der Waals surface area (Å²) in [5.41, 5.74) is 0.984. The summed E-state index contributed by atoms with van der Waals surface area (Å²) in [5.74, 6) is -2.16. The number of H-pyrrole nitrogens is 1. The zero-order chi connectivity index (χ0) is 19.0. The summed E-state index contributed by atoms with van der Waals surface area (Å²) in [6.45, 7) is 0. The van der Waals surface area contributed by atoms with Gasteiger partial charge in [-0.2, -0.15) is 0 Å². The fourth-order valence-corrected chi connectivity index (χ4v) is 3.50. The topological polar surface area (TPSA) is 104 Å². The molecule has 0 aliphatic heterocycles. The summed E-state index contributed by atoms with van der Waals surface area (Å²) in [4.78, 5) is 26.3. The third-order valence-corrected chi connectivity index (χ3v) is 4.85. The number of anilines is 1. The van der Waals surface area contributed by atoms with E-state index in [0.29, 0.717) is 29.4 Å². The predicted molar refractivity (Wildman–Crippen MR) is 94.0 cm³/mol. The maximum Gasteiger partial charge on any atom is 0.306 e. The number of pyridine rings is 1. The molecule has 0 unspecified atom stereocenters. The van der Waals surface area contributed by atoms with Crippen LogP contribution in [0.25, 0.3) is 22.4 Å². The third-order valence-electron chi connectivity index (χ3n) is 4.85. The fraction of sp³-hybridized carbons (Fsp3) is 0.333. The molecule has 9 heteroatoms. The van der Waals surface area contributed by atoms with Crippen molar-refractivity contribution < 1.29 is 18.7 Å². The van der Waals surface area contributed by atoms with Crippen molar-refractivity contribution in [2.45, 2.75) is 31.7 Å². The van der Waals surface area contributed by atoms with Crippen molar-refractivity contribution in [3.05, 3.63) is 36.3 Å². The highest BCUT2D eigenvalue weighted by Crippen LogP contribution is 2.29. The average molecular weight is 373 g/mol. The highest BCUT2D eigenvalue weighted by atomic mass is 19.1. The second-order valence-electron chi connectivity index (χ2n) is 6.69. The Kier molecular flexibility index (Phi) is 4.43. The number of halogens is 2. The van der Waals surface area contributed by atoms with Gasteiger partial charge in [-0.05, 0) is 25.3 Å². The van der Waals surface area contributed by atoms with E-state index in [1.807, 2.05) is 0 Å². The molecule has 3 aromatic heterocycles. The SMILES string of the molecule is O=C(O)[C@@H]1CCC[C@H](Nc2nc(-c3c[nH]c4ncc(F)cc34)ncc2F)C1. The van der Waals surface area contributed by atoms with Crippen LogP contribution < -0.4 is 5.32 Å². The van der Waals surface area contributed by atoms with E-state index in [9.17, 15) is 18.7 Å². The van der Waals surface area contributed by atoms with E-state index in [-0.39, 0.29) is 17.7 Å². The number of nitrogens with zero attached hydrogens (tertiary/aromatic N) is 3. The molecule has 3 N–H and O–H groups in total. The van der Waals surface area contributed by atoms with Gasteiger partial charge in [-0.3, -0.25) is 4.79 Å². The monoisotopic (exact) mass is 373 g/mol. The number of hydrogen-bond acceptors (Lipinski definition) is 5. The van der Waals surface area contributed by atoms with Gasteiger partial charge in [0.05, 0.1) is 18.3 Å². The van der Waals surface area contributed by atoms with Crippen molar-refractivity contribution in [1.29, 1.82) is 0 Å². The molecule has 1 saturated carbocycles. The Bertz CT molecular complexity index is 1010. The van der Waals surface area contributed by atoms with Gasteiger partial charge in [-0.1, -0.05) is 6.42 Å². The molecule has 1 aliphatic carbocycles. The number of fused-ring (bicyclic) bond motifs is 1. The highest BCUT2D eigenvalue weighted by molar-refractivity contribution is 5.91. The quantitative estimate of drug-likeness (QED) is 0.648. The van der Waals surface area contributed by atoms with E-state index in [2.05, 4.69) is 25.3 Å². The van der Waals surface area contributed by atoms with Crippen LogP contribution in [0.3, 0.4) is 0 Å². The molecule has 0 bridgehead atoms. The van der Waals surface area contributed by atoms with Crippen LogP contribution in [0.15, 0.2) is 24.7 Å². The van der Waals surface area contributed by atoms with Crippen molar-refractivity contribution in [3.63, 3.8) is 0 Å². The second-order valence-corrected chi connectivity index (χ2v) is 6.69. The summed E-state index contributed by atoms with van der Waals surface area (Å²) in [7, 11) is 0. The molecular formula is C18H17F2N5O2. The maximum atomic E-state index is 14.2. The van der Waals surface area contributed by atoms with Crippen molar-refractivity contribution in [2.75, 3.05) is 5.32 Å². The number of hydrogen-bond donors (Lipinski definition) is 3. The van der Waals surface area contributed by atoms with Crippen LogP contribution in [-0.4, -0.2) is 37.1 Å². The number of carboxylic acid groups (broad SMARTS) is 1. The molecule has 7 nitrogen and oxygen atoms in total. The molecule has 0 saturated heterocycles. The standard InChI is InChI=1S/C18H17F2N5O2/c19-10-5-12-13(7-22-15(12)21-6-10)16-23-8-14(20)17(25-16)24-11-3-1-2-9(4-11)18(26)27/h5-9,11H,1-4H2,(H,21,22)(H,26,27)(H,23,24,25)/t9-,11+/m1/s1. The molecule has 0 aromatic carbocycles. The average Bonchev–Trinajstić information content (AvgIpc) is 3.07. The fourth-order valence-electron chi connectivity index (χ4n) is 3.50. The number of aromatic nitrogens is 4.